The Kier molecular flexibility index (Phi) is 7.08. The fourth-order valence-corrected chi connectivity index (χ4v) is 3.63. The number of allylic oxidation sites excluding steroid dienone is 1. The number of methoxy groups -OCH3 is 3. The molecule has 0 spiro atoms. The van der Waals surface area contributed by atoms with Crippen LogP contribution in [0.2, 0.25) is 0 Å². The molecular formula is C28H25NO5. The average Bonchev–Trinajstić information content (AvgIpc) is 2.90. The number of pyridine rings is 1. The van der Waals surface area contributed by atoms with Gasteiger partial charge in [0.05, 0.1) is 26.9 Å². The fourth-order valence-electron chi connectivity index (χ4n) is 3.63. The van der Waals surface area contributed by atoms with Crippen LogP contribution < -0.4 is 18.9 Å². The number of ether oxygens (including phenoxy) is 4. The van der Waals surface area contributed by atoms with Crippen molar-refractivity contribution in [2.24, 2.45) is 0 Å². The second-order valence-corrected chi connectivity index (χ2v) is 7.46. The monoisotopic (exact) mass is 455 g/mol. The molecule has 0 saturated carbocycles. The molecule has 0 aliphatic rings. The van der Waals surface area contributed by atoms with Crippen molar-refractivity contribution < 1.29 is 23.7 Å². The molecule has 6 heteroatoms. The Morgan fingerprint density at radius 1 is 0.853 bits per heavy atom. The molecule has 0 atom stereocenters. The Labute approximate surface area is 198 Å². The predicted octanol–water partition coefficient (Wildman–Crippen LogP) is 5.74. The maximum atomic E-state index is 12.8. The van der Waals surface area contributed by atoms with Crippen LogP contribution in [-0.2, 0) is 6.61 Å². The lowest BCUT2D eigenvalue weighted by atomic mass is 10.1. The lowest BCUT2D eigenvalue weighted by Crippen LogP contribution is -2.01. The highest BCUT2D eigenvalue weighted by molar-refractivity contribution is 6.08. The number of rotatable bonds is 9. The fraction of sp³-hybridized carbons (Fsp3) is 0.143. The number of para-hydroxylation sites is 1. The molecule has 0 fully saturated rings. The van der Waals surface area contributed by atoms with Crippen molar-refractivity contribution in [2.75, 3.05) is 21.3 Å². The number of aromatic nitrogens is 1. The third kappa shape index (κ3) is 5.02. The highest BCUT2D eigenvalue weighted by Gasteiger charge is 2.12. The average molecular weight is 456 g/mol. The first-order valence-corrected chi connectivity index (χ1v) is 10.7. The van der Waals surface area contributed by atoms with Crippen LogP contribution in [0.3, 0.4) is 0 Å². The van der Waals surface area contributed by atoms with Gasteiger partial charge >= 0.3 is 0 Å². The Balaban J connectivity index is 1.55. The first-order chi connectivity index (χ1) is 16.6. The van der Waals surface area contributed by atoms with E-state index in [1.54, 1.807) is 44.7 Å². The number of carbonyl (C=O) groups is 1. The minimum Gasteiger partial charge on any atom is -0.497 e. The van der Waals surface area contributed by atoms with Gasteiger partial charge in [-0.3, -0.25) is 9.78 Å². The highest BCUT2D eigenvalue weighted by atomic mass is 16.5. The molecular weight excluding hydrogens is 430 g/mol. The van der Waals surface area contributed by atoms with E-state index in [1.807, 2.05) is 48.5 Å². The molecule has 0 radical (unpaired) electrons. The van der Waals surface area contributed by atoms with Crippen LogP contribution >= 0.6 is 0 Å². The maximum absolute atomic E-state index is 12.8. The summed E-state index contributed by atoms with van der Waals surface area (Å²) in [6, 6.07) is 20.5. The molecule has 0 unspecified atom stereocenters. The second kappa shape index (κ2) is 10.5. The minimum atomic E-state index is -0.189. The maximum Gasteiger partial charge on any atom is 0.189 e. The van der Waals surface area contributed by atoms with Crippen LogP contribution in [0.4, 0.5) is 0 Å². The van der Waals surface area contributed by atoms with E-state index >= 15 is 0 Å². The summed E-state index contributed by atoms with van der Waals surface area (Å²) in [6.07, 6.45) is 5.01. The summed E-state index contributed by atoms with van der Waals surface area (Å²) < 4.78 is 22.2. The molecule has 1 aromatic heterocycles. The van der Waals surface area contributed by atoms with E-state index in [9.17, 15) is 4.79 Å². The summed E-state index contributed by atoms with van der Waals surface area (Å²) in [5.41, 5.74) is 2.92. The first kappa shape index (κ1) is 22.9. The molecule has 0 amide bonds. The van der Waals surface area contributed by atoms with Gasteiger partial charge in [0.15, 0.2) is 5.78 Å². The zero-order valence-corrected chi connectivity index (χ0v) is 19.3. The number of hydrogen-bond donors (Lipinski definition) is 0. The summed E-state index contributed by atoms with van der Waals surface area (Å²) in [7, 11) is 4.71. The van der Waals surface area contributed by atoms with Crippen LogP contribution in [0.1, 0.15) is 21.5 Å². The summed E-state index contributed by atoms with van der Waals surface area (Å²) in [5, 5.41) is 1.01. The van der Waals surface area contributed by atoms with E-state index in [0.29, 0.717) is 28.6 Å². The predicted molar refractivity (Wildman–Crippen MR) is 132 cm³/mol. The zero-order chi connectivity index (χ0) is 23.9. The van der Waals surface area contributed by atoms with E-state index in [0.717, 1.165) is 22.0 Å². The summed E-state index contributed by atoms with van der Waals surface area (Å²) >= 11 is 0. The zero-order valence-electron chi connectivity index (χ0n) is 19.3. The lowest BCUT2D eigenvalue weighted by Gasteiger charge is -2.12. The second-order valence-electron chi connectivity index (χ2n) is 7.46. The van der Waals surface area contributed by atoms with Crippen molar-refractivity contribution in [1.29, 1.82) is 0 Å². The third-order valence-corrected chi connectivity index (χ3v) is 5.38. The van der Waals surface area contributed by atoms with Crippen molar-refractivity contribution in [1.82, 2.24) is 4.98 Å². The molecule has 0 aliphatic carbocycles. The minimum absolute atomic E-state index is 0.189. The van der Waals surface area contributed by atoms with Gasteiger partial charge < -0.3 is 18.9 Å². The molecule has 3 aromatic carbocycles. The Morgan fingerprint density at radius 2 is 1.65 bits per heavy atom. The topological polar surface area (TPSA) is 66.9 Å². The summed E-state index contributed by atoms with van der Waals surface area (Å²) in [6.45, 7) is 0.290. The Hall–Kier alpha value is -4.32. The standard InChI is InChI=1S/C28H25NO5/c1-31-22-11-14-26(33-3)23(17-22)24(30)12-9-19-10-13-25(32-2)21(16-19)18-34-27-8-4-6-20-7-5-15-29-28(20)27/h4-17H,18H2,1-3H3/b12-9+. The number of benzene rings is 3. The van der Waals surface area contributed by atoms with E-state index in [4.69, 9.17) is 18.9 Å². The van der Waals surface area contributed by atoms with Gasteiger partial charge in [0.25, 0.3) is 0 Å². The smallest absolute Gasteiger partial charge is 0.189 e. The van der Waals surface area contributed by atoms with Crippen LogP contribution in [-0.4, -0.2) is 32.1 Å². The van der Waals surface area contributed by atoms with Crippen molar-refractivity contribution in [3.8, 4) is 23.0 Å². The molecule has 4 rings (SSSR count). The van der Waals surface area contributed by atoms with Gasteiger partial charge in [-0.2, -0.15) is 0 Å². The van der Waals surface area contributed by atoms with Gasteiger partial charge in [0.2, 0.25) is 0 Å². The molecule has 0 N–H and O–H groups in total. The third-order valence-electron chi connectivity index (χ3n) is 5.38. The van der Waals surface area contributed by atoms with Gasteiger partial charge in [-0.1, -0.05) is 30.3 Å². The largest absolute Gasteiger partial charge is 0.497 e. The molecule has 1 heterocycles. The number of carbonyl (C=O) groups excluding carboxylic acids is 1. The van der Waals surface area contributed by atoms with E-state index in [2.05, 4.69) is 4.98 Å². The first-order valence-electron chi connectivity index (χ1n) is 10.7. The normalized spacial score (nSPS) is 10.9. The lowest BCUT2D eigenvalue weighted by molar-refractivity contribution is 0.104. The molecule has 0 bridgehead atoms. The van der Waals surface area contributed by atoms with Gasteiger partial charge in [-0.05, 0) is 54.1 Å². The molecule has 0 saturated heterocycles. The summed E-state index contributed by atoms with van der Waals surface area (Å²) in [5.74, 6) is 2.28. The molecule has 6 nitrogen and oxygen atoms in total. The Bertz CT molecular complexity index is 1340. The molecule has 4 aromatic rings. The van der Waals surface area contributed by atoms with E-state index in [1.165, 1.54) is 13.2 Å². The number of nitrogens with zero attached hydrogens (tertiary/aromatic N) is 1. The molecule has 0 aliphatic heterocycles. The van der Waals surface area contributed by atoms with Gasteiger partial charge in [-0.15, -0.1) is 0 Å². The SMILES string of the molecule is COc1ccc(OC)c(C(=O)/C=C/c2ccc(OC)c(COc3cccc4cccnc34)c2)c1. The van der Waals surface area contributed by atoms with Crippen molar-refractivity contribution in [2.45, 2.75) is 6.61 Å². The van der Waals surface area contributed by atoms with Crippen molar-refractivity contribution in [3.05, 3.63) is 95.7 Å². The van der Waals surface area contributed by atoms with Gasteiger partial charge in [0.1, 0.15) is 35.1 Å². The van der Waals surface area contributed by atoms with Crippen LogP contribution in [0, 0.1) is 0 Å². The quantitative estimate of drug-likeness (QED) is 0.237. The number of fused-ring (bicyclic) bond motifs is 1. The van der Waals surface area contributed by atoms with Crippen molar-refractivity contribution in [3.63, 3.8) is 0 Å². The molecule has 34 heavy (non-hydrogen) atoms. The number of ketones is 1. The van der Waals surface area contributed by atoms with Gasteiger partial charge in [-0.25, -0.2) is 0 Å². The molecule has 172 valence electrons. The van der Waals surface area contributed by atoms with Crippen LogP contribution in [0.15, 0.2) is 79.0 Å². The van der Waals surface area contributed by atoms with E-state index in [-0.39, 0.29) is 12.4 Å². The van der Waals surface area contributed by atoms with Crippen LogP contribution in [0.5, 0.6) is 23.0 Å². The van der Waals surface area contributed by atoms with Gasteiger partial charge in [0, 0.05) is 17.1 Å². The highest BCUT2D eigenvalue weighted by Crippen LogP contribution is 2.28. The van der Waals surface area contributed by atoms with Crippen molar-refractivity contribution >= 4 is 22.8 Å². The number of hydrogen-bond acceptors (Lipinski definition) is 6. The Morgan fingerprint density at radius 3 is 2.44 bits per heavy atom. The summed E-state index contributed by atoms with van der Waals surface area (Å²) in [4.78, 5) is 17.3. The van der Waals surface area contributed by atoms with Crippen LogP contribution in [0.25, 0.3) is 17.0 Å². The van der Waals surface area contributed by atoms with E-state index < -0.39 is 0 Å².